The number of hydrogen-bond acceptors (Lipinski definition) is 4. The summed E-state index contributed by atoms with van der Waals surface area (Å²) >= 11 is 1.63. The monoisotopic (exact) mass is 308 g/mol. The van der Waals surface area contributed by atoms with E-state index in [1.165, 1.54) is 0 Å². The number of nitrogens with zero attached hydrogens (tertiary/aromatic N) is 1. The van der Waals surface area contributed by atoms with E-state index in [0.29, 0.717) is 25.1 Å². The van der Waals surface area contributed by atoms with Crippen LogP contribution in [0.1, 0.15) is 23.2 Å². The minimum Gasteiger partial charge on any atom is -0.385 e. The number of fused-ring (bicyclic) bond motifs is 1. The van der Waals surface area contributed by atoms with Gasteiger partial charge in [0.05, 0.1) is 5.69 Å². The molecule has 1 heterocycles. The number of anilines is 1. The summed E-state index contributed by atoms with van der Waals surface area (Å²) in [6, 6.07) is 5.49. The number of methoxy groups -OCH3 is 1. The molecule has 0 unspecified atom stereocenters. The standard InChI is InChI=1S/C15H20N2O3S/c1-17(7-3-8-20-2)15(19)11-4-5-13-12(10-11)16-14(18)6-9-21-13/h4-5,10H,3,6-9H2,1-2H3,(H,16,18). The quantitative estimate of drug-likeness (QED) is 0.848. The lowest BCUT2D eigenvalue weighted by Crippen LogP contribution is -2.28. The maximum absolute atomic E-state index is 12.4. The van der Waals surface area contributed by atoms with E-state index in [-0.39, 0.29) is 11.8 Å². The second kappa shape index (κ2) is 7.47. The Morgan fingerprint density at radius 3 is 3.05 bits per heavy atom. The number of ether oxygens (including phenoxy) is 1. The van der Waals surface area contributed by atoms with Gasteiger partial charge >= 0.3 is 0 Å². The zero-order chi connectivity index (χ0) is 15.2. The molecule has 0 saturated heterocycles. The maximum atomic E-state index is 12.4. The van der Waals surface area contributed by atoms with Crippen LogP contribution in [0.15, 0.2) is 23.1 Å². The topological polar surface area (TPSA) is 58.6 Å². The fourth-order valence-electron chi connectivity index (χ4n) is 2.12. The van der Waals surface area contributed by atoms with E-state index in [0.717, 1.165) is 22.8 Å². The molecule has 0 radical (unpaired) electrons. The molecule has 0 aliphatic carbocycles. The predicted molar refractivity (Wildman–Crippen MR) is 83.9 cm³/mol. The molecule has 0 saturated carbocycles. The fraction of sp³-hybridized carbons (Fsp3) is 0.467. The number of carbonyl (C=O) groups excluding carboxylic acids is 2. The highest BCUT2D eigenvalue weighted by Crippen LogP contribution is 2.31. The molecule has 5 nitrogen and oxygen atoms in total. The molecular weight excluding hydrogens is 288 g/mol. The highest BCUT2D eigenvalue weighted by Gasteiger charge is 2.17. The maximum Gasteiger partial charge on any atom is 0.253 e. The van der Waals surface area contributed by atoms with E-state index in [2.05, 4.69) is 5.32 Å². The molecule has 0 bridgehead atoms. The molecule has 1 aromatic rings. The average Bonchev–Trinajstić information content (AvgIpc) is 2.66. The SMILES string of the molecule is COCCCN(C)C(=O)c1ccc2c(c1)NC(=O)CCS2. The van der Waals surface area contributed by atoms with Gasteiger partial charge in [-0.05, 0) is 24.6 Å². The molecule has 114 valence electrons. The van der Waals surface area contributed by atoms with Gasteiger partial charge in [-0.3, -0.25) is 9.59 Å². The molecule has 1 aromatic carbocycles. The van der Waals surface area contributed by atoms with Crippen molar-refractivity contribution in [3.63, 3.8) is 0 Å². The molecular formula is C15H20N2O3S. The average molecular weight is 308 g/mol. The summed E-state index contributed by atoms with van der Waals surface area (Å²) < 4.78 is 4.99. The van der Waals surface area contributed by atoms with Crippen LogP contribution in [0.3, 0.4) is 0 Å². The van der Waals surface area contributed by atoms with Crippen molar-refractivity contribution in [2.75, 3.05) is 38.4 Å². The zero-order valence-electron chi connectivity index (χ0n) is 12.3. The van der Waals surface area contributed by atoms with Gasteiger partial charge in [-0.1, -0.05) is 0 Å². The summed E-state index contributed by atoms with van der Waals surface area (Å²) in [5.41, 5.74) is 1.33. The first kappa shape index (κ1) is 15.9. The lowest BCUT2D eigenvalue weighted by molar-refractivity contribution is -0.115. The van der Waals surface area contributed by atoms with Crippen LogP contribution in [0.5, 0.6) is 0 Å². The highest BCUT2D eigenvalue weighted by molar-refractivity contribution is 7.99. The minimum absolute atomic E-state index is 0.000650. The van der Waals surface area contributed by atoms with Gasteiger partial charge in [-0.25, -0.2) is 0 Å². The van der Waals surface area contributed by atoms with Gasteiger partial charge in [-0.15, -0.1) is 11.8 Å². The summed E-state index contributed by atoms with van der Waals surface area (Å²) in [5, 5.41) is 2.86. The third kappa shape index (κ3) is 4.22. The summed E-state index contributed by atoms with van der Waals surface area (Å²) in [7, 11) is 3.42. The van der Waals surface area contributed by atoms with Gasteiger partial charge in [0, 0.05) is 49.9 Å². The van der Waals surface area contributed by atoms with Gasteiger partial charge in [-0.2, -0.15) is 0 Å². The largest absolute Gasteiger partial charge is 0.385 e. The van der Waals surface area contributed by atoms with Gasteiger partial charge in [0.1, 0.15) is 0 Å². The van der Waals surface area contributed by atoms with Crippen LogP contribution in [-0.2, 0) is 9.53 Å². The first-order chi connectivity index (χ1) is 10.1. The van der Waals surface area contributed by atoms with Gasteiger partial charge in [0.2, 0.25) is 5.91 Å². The van der Waals surface area contributed by atoms with Crippen LogP contribution in [0.4, 0.5) is 5.69 Å². The van der Waals surface area contributed by atoms with Crippen molar-refractivity contribution in [2.24, 2.45) is 0 Å². The molecule has 2 rings (SSSR count). The smallest absolute Gasteiger partial charge is 0.253 e. The van der Waals surface area contributed by atoms with E-state index >= 15 is 0 Å². The van der Waals surface area contributed by atoms with Gasteiger partial charge in [0.25, 0.3) is 5.91 Å². The second-order valence-electron chi connectivity index (χ2n) is 4.93. The first-order valence-corrected chi connectivity index (χ1v) is 7.91. The Labute approximate surface area is 129 Å². The fourth-order valence-corrected chi connectivity index (χ4v) is 3.06. The summed E-state index contributed by atoms with van der Waals surface area (Å²) in [6.07, 6.45) is 1.30. The Hall–Kier alpha value is -1.53. The molecule has 0 spiro atoms. The third-order valence-electron chi connectivity index (χ3n) is 3.28. The number of rotatable bonds is 5. The molecule has 0 fully saturated rings. The second-order valence-corrected chi connectivity index (χ2v) is 6.07. The lowest BCUT2D eigenvalue weighted by atomic mass is 10.1. The van der Waals surface area contributed by atoms with E-state index < -0.39 is 0 Å². The molecule has 0 atom stereocenters. The lowest BCUT2D eigenvalue weighted by Gasteiger charge is -2.18. The zero-order valence-corrected chi connectivity index (χ0v) is 13.2. The molecule has 1 N–H and O–H groups in total. The number of benzene rings is 1. The van der Waals surface area contributed by atoms with Crippen LogP contribution in [0.25, 0.3) is 0 Å². The van der Waals surface area contributed by atoms with Crippen LogP contribution in [0, 0.1) is 0 Å². The van der Waals surface area contributed by atoms with Crippen molar-refractivity contribution in [1.29, 1.82) is 0 Å². The van der Waals surface area contributed by atoms with E-state index in [1.807, 2.05) is 12.1 Å². The number of hydrogen-bond donors (Lipinski definition) is 1. The summed E-state index contributed by atoms with van der Waals surface area (Å²) in [4.78, 5) is 26.6. The molecule has 2 amide bonds. The van der Waals surface area contributed by atoms with Crippen molar-refractivity contribution in [2.45, 2.75) is 17.7 Å². The predicted octanol–water partition coefficient (Wildman–Crippen LogP) is 2.23. The molecule has 1 aliphatic rings. The van der Waals surface area contributed by atoms with Crippen molar-refractivity contribution in [3.05, 3.63) is 23.8 Å². The highest BCUT2D eigenvalue weighted by atomic mass is 32.2. The number of carbonyl (C=O) groups is 2. The van der Waals surface area contributed by atoms with Crippen LogP contribution < -0.4 is 5.32 Å². The number of amides is 2. The Morgan fingerprint density at radius 2 is 2.29 bits per heavy atom. The third-order valence-corrected chi connectivity index (χ3v) is 4.35. The minimum atomic E-state index is -0.0441. The summed E-state index contributed by atoms with van der Waals surface area (Å²) in [5.74, 6) is 0.722. The normalized spacial score (nSPS) is 14.1. The van der Waals surface area contributed by atoms with Gasteiger partial charge < -0.3 is 15.0 Å². The van der Waals surface area contributed by atoms with Crippen molar-refractivity contribution < 1.29 is 14.3 Å². The molecule has 6 heteroatoms. The van der Waals surface area contributed by atoms with Crippen molar-refractivity contribution >= 4 is 29.3 Å². The Balaban J connectivity index is 2.10. The molecule has 21 heavy (non-hydrogen) atoms. The van der Waals surface area contributed by atoms with E-state index in [4.69, 9.17) is 4.74 Å². The Morgan fingerprint density at radius 1 is 1.48 bits per heavy atom. The van der Waals surface area contributed by atoms with Gasteiger partial charge in [0.15, 0.2) is 0 Å². The Kier molecular flexibility index (Phi) is 5.64. The van der Waals surface area contributed by atoms with Crippen LogP contribution in [-0.4, -0.2) is 49.8 Å². The molecule has 0 aromatic heterocycles. The number of thioether (sulfide) groups is 1. The van der Waals surface area contributed by atoms with E-state index in [1.54, 1.807) is 36.9 Å². The van der Waals surface area contributed by atoms with Crippen molar-refractivity contribution in [3.8, 4) is 0 Å². The summed E-state index contributed by atoms with van der Waals surface area (Å²) in [6.45, 7) is 1.28. The molecule has 1 aliphatic heterocycles. The number of nitrogens with one attached hydrogen (secondary N) is 1. The Bertz CT molecular complexity index is 534. The van der Waals surface area contributed by atoms with Crippen molar-refractivity contribution in [1.82, 2.24) is 4.90 Å². The van der Waals surface area contributed by atoms with Crippen LogP contribution >= 0.6 is 11.8 Å². The first-order valence-electron chi connectivity index (χ1n) is 6.93. The van der Waals surface area contributed by atoms with Crippen LogP contribution in [0.2, 0.25) is 0 Å². The van der Waals surface area contributed by atoms with E-state index in [9.17, 15) is 9.59 Å².